The smallest absolute Gasteiger partial charge is 0.416 e. The van der Waals surface area contributed by atoms with Gasteiger partial charge in [-0.25, -0.2) is 19.1 Å². The Morgan fingerprint density at radius 3 is 2.63 bits per heavy atom. The van der Waals surface area contributed by atoms with E-state index in [4.69, 9.17) is 9.84 Å². The van der Waals surface area contributed by atoms with E-state index in [0.29, 0.717) is 12.1 Å². The lowest BCUT2D eigenvalue weighted by Crippen LogP contribution is -2.38. The predicted molar refractivity (Wildman–Crippen MR) is 68.2 cm³/mol. The van der Waals surface area contributed by atoms with Gasteiger partial charge in [-0.2, -0.15) is 0 Å². The van der Waals surface area contributed by atoms with E-state index in [1.165, 1.54) is 12.5 Å². The monoisotopic (exact) mass is 269 g/mol. The Morgan fingerprint density at radius 1 is 1.53 bits per heavy atom. The number of hydrogen-bond donors (Lipinski definition) is 2. The molecule has 1 aromatic rings. The van der Waals surface area contributed by atoms with Crippen molar-refractivity contribution in [2.75, 3.05) is 0 Å². The maximum Gasteiger partial charge on any atom is 0.416 e. The van der Waals surface area contributed by atoms with Gasteiger partial charge in [0, 0.05) is 18.7 Å². The maximum atomic E-state index is 11.5. The number of aromatic nitrogens is 2. The zero-order valence-electron chi connectivity index (χ0n) is 11.5. The Morgan fingerprint density at radius 2 is 2.16 bits per heavy atom. The molecule has 7 heteroatoms. The maximum absolute atomic E-state index is 11.5. The molecule has 1 aromatic heterocycles. The van der Waals surface area contributed by atoms with Crippen LogP contribution in [0.2, 0.25) is 0 Å². The Balaban J connectivity index is 2.48. The number of carboxylic acid groups (broad SMARTS) is 1. The highest BCUT2D eigenvalue weighted by Gasteiger charge is 2.18. The van der Waals surface area contributed by atoms with Crippen LogP contribution in [0.1, 0.15) is 33.4 Å². The van der Waals surface area contributed by atoms with E-state index in [2.05, 4.69) is 10.3 Å². The van der Waals surface area contributed by atoms with Gasteiger partial charge in [0.05, 0.1) is 5.69 Å². The first-order valence-corrected chi connectivity index (χ1v) is 5.93. The molecule has 0 aliphatic heterocycles. The van der Waals surface area contributed by atoms with E-state index in [1.807, 2.05) is 0 Å². The van der Waals surface area contributed by atoms with E-state index < -0.39 is 17.8 Å². The summed E-state index contributed by atoms with van der Waals surface area (Å²) in [6, 6.07) is -0.202. The summed E-state index contributed by atoms with van der Waals surface area (Å²) in [7, 11) is 0. The third kappa shape index (κ3) is 5.41. The molecule has 0 aromatic carbocycles. The number of carbonyl (C=O) groups is 2. The highest BCUT2D eigenvalue weighted by molar-refractivity contribution is 5.68. The van der Waals surface area contributed by atoms with E-state index in [1.54, 1.807) is 27.7 Å². The summed E-state index contributed by atoms with van der Waals surface area (Å²) in [5, 5.41) is 11.4. The normalized spacial score (nSPS) is 12.8. The second-order valence-electron chi connectivity index (χ2n) is 5.31. The summed E-state index contributed by atoms with van der Waals surface area (Å²) in [5.74, 6) is 0. The van der Waals surface area contributed by atoms with Gasteiger partial charge in [-0.1, -0.05) is 0 Å². The Hall–Kier alpha value is -2.05. The van der Waals surface area contributed by atoms with Crippen molar-refractivity contribution in [1.82, 2.24) is 14.9 Å². The molecular weight excluding hydrogens is 250 g/mol. The lowest BCUT2D eigenvalue weighted by atomic mass is 10.2. The average Bonchev–Trinajstić information content (AvgIpc) is 2.62. The van der Waals surface area contributed by atoms with Crippen LogP contribution >= 0.6 is 0 Å². The standard InChI is InChI=1S/C12H19N3O4/c1-8(14-10(16)19-12(2,3)4)5-9-6-15(7-13-9)11(17)18/h6-8H,5H2,1-4H3,(H,14,16)(H,17,18)/t8-/m1/s1. The van der Waals surface area contributed by atoms with Gasteiger partial charge in [0.25, 0.3) is 0 Å². The molecule has 106 valence electrons. The second-order valence-corrected chi connectivity index (χ2v) is 5.31. The zero-order chi connectivity index (χ0) is 14.6. The molecule has 1 atom stereocenters. The predicted octanol–water partition coefficient (Wildman–Crippen LogP) is 1.86. The highest BCUT2D eigenvalue weighted by Crippen LogP contribution is 2.07. The Labute approximate surface area is 111 Å². The van der Waals surface area contributed by atoms with Gasteiger partial charge in [0.15, 0.2) is 0 Å². The molecule has 1 amide bonds. The summed E-state index contributed by atoms with van der Waals surface area (Å²) in [6.45, 7) is 7.15. The number of hydrogen-bond acceptors (Lipinski definition) is 4. The summed E-state index contributed by atoms with van der Waals surface area (Å²) >= 11 is 0. The molecule has 0 aliphatic rings. The van der Waals surface area contributed by atoms with Crippen LogP contribution in [-0.2, 0) is 11.2 Å². The summed E-state index contributed by atoms with van der Waals surface area (Å²) in [6.07, 6.45) is 1.47. The fraction of sp³-hybridized carbons (Fsp3) is 0.583. The highest BCUT2D eigenvalue weighted by atomic mass is 16.6. The van der Waals surface area contributed by atoms with E-state index >= 15 is 0 Å². The lowest BCUT2D eigenvalue weighted by molar-refractivity contribution is 0.0508. The third-order valence-electron chi connectivity index (χ3n) is 2.14. The van der Waals surface area contributed by atoms with Crippen LogP contribution in [-0.4, -0.2) is 38.5 Å². The molecule has 0 saturated carbocycles. The molecule has 0 saturated heterocycles. The number of ether oxygens (including phenoxy) is 1. The van der Waals surface area contributed by atoms with Crippen molar-refractivity contribution in [2.24, 2.45) is 0 Å². The topological polar surface area (TPSA) is 93.5 Å². The minimum Gasteiger partial charge on any atom is -0.464 e. The van der Waals surface area contributed by atoms with Gasteiger partial charge in [0.1, 0.15) is 11.9 Å². The quantitative estimate of drug-likeness (QED) is 0.873. The summed E-state index contributed by atoms with van der Waals surface area (Å²) in [5.41, 5.74) is 0.0419. The van der Waals surface area contributed by atoms with Gasteiger partial charge in [0.2, 0.25) is 0 Å². The Kier molecular flexibility index (Phi) is 4.52. The van der Waals surface area contributed by atoms with Gasteiger partial charge >= 0.3 is 12.2 Å². The van der Waals surface area contributed by atoms with E-state index in [9.17, 15) is 9.59 Å². The number of rotatable bonds is 3. The fourth-order valence-corrected chi connectivity index (χ4v) is 1.45. The van der Waals surface area contributed by atoms with Crippen LogP contribution in [0.3, 0.4) is 0 Å². The fourth-order valence-electron chi connectivity index (χ4n) is 1.45. The first-order valence-electron chi connectivity index (χ1n) is 5.93. The molecule has 1 rings (SSSR count). The molecule has 1 heterocycles. The molecule has 0 radical (unpaired) electrons. The minimum atomic E-state index is -1.09. The van der Waals surface area contributed by atoms with E-state index in [-0.39, 0.29) is 6.04 Å². The summed E-state index contributed by atoms with van der Waals surface area (Å²) < 4.78 is 6.09. The number of imidazole rings is 1. The molecule has 0 unspecified atom stereocenters. The molecular formula is C12H19N3O4. The largest absolute Gasteiger partial charge is 0.464 e. The van der Waals surface area contributed by atoms with Gasteiger partial charge < -0.3 is 15.2 Å². The number of carbonyl (C=O) groups excluding carboxylic acids is 1. The van der Waals surface area contributed by atoms with Crippen LogP contribution in [0, 0.1) is 0 Å². The van der Waals surface area contributed by atoms with Gasteiger partial charge in [-0.3, -0.25) is 0 Å². The first-order chi connectivity index (χ1) is 8.67. The average molecular weight is 269 g/mol. The van der Waals surface area contributed by atoms with Crippen molar-refractivity contribution in [1.29, 1.82) is 0 Å². The molecule has 2 N–H and O–H groups in total. The SMILES string of the molecule is C[C@H](Cc1cn(C(=O)O)cn1)NC(=O)OC(C)(C)C. The van der Waals surface area contributed by atoms with Crippen LogP contribution in [0.25, 0.3) is 0 Å². The van der Waals surface area contributed by atoms with Crippen LogP contribution in [0.4, 0.5) is 9.59 Å². The van der Waals surface area contributed by atoms with Crippen molar-refractivity contribution < 1.29 is 19.4 Å². The van der Waals surface area contributed by atoms with Crippen LogP contribution in [0.15, 0.2) is 12.5 Å². The molecule has 0 fully saturated rings. The summed E-state index contributed by atoms with van der Waals surface area (Å²) in [4.78, 5) is 26.1. The van der Waals surface area contributed by atoms with Gasteiger partial charge in [-0.05, 0) is 27.7 Å². The molecule has 0 spiro atoms. The number of alkyl carbamates (subject to hydrolysis) is 1. The van der Waals surface area contributed by atoms with Crippen LogP contribution < -0.4 is 5.32 Å². The zero-order valence-corrected chi connectivity index (χ0v) is 11.5. The molecule has 19 heavy (non-hydrogen) atoms. The first kappa shape index (κ1) is 15.0. The third-order valence-corrected chi connectivity index (χ3v) is 2.14. The molecule has 7 nitrogen and oxygen atoms in total. The number of nitrogens with zero attached hydrogens (tertiary/aromatic N) is 2. The van der Waals surface area contributed by atoms with Crippen molar-refractivity contribution in [3.63, 3.8) is 0 Å². The van der Waals surface area contributed by atoms with Crippen LogP contribution in [0.5, 0.6) is 0 Å². The minimum absolute atomic E-state index is 0.202. The molecule has 0 bridgehead atoms. The molecule has 0 aliphatic carbocycles. The number of amides is 1. The Bertz CT molecular complexity index is 462. The van der Waals surface area contributed by atoms with Crippen molar-refractivity contribution in [3.8, 4) is 0 Å². The van der Waals surface area contributed by atoms with Gasteiger partial charge in [-0.15, -0.1) is 0 Å². The number of nitrogens with one attached hydrogen (secondary N) is 1. The van der Waals surface area contributed by atoms with Crippen molar-refractivity contribution in [3.05, 3.63) is 18.2 Å². The lowest BCUT2D eigenvalue weighted by Gasteiger charge is -2.21. The second kappa shape index (κ2) is 5.73. The van der Waals surface area contributed by atoms with Crippen molar-refractivity contribution in [2.45, 2.75) is 45.8 Å². The van der Waals surface area contributed by atoms with Crippen molar-refractivity contribution >= 4 is 12.2 Å². The van der Waals surface area contributed by atoms with E-state index in [0.717, 1.165) is 4.57 Å².